The number of hydrogen-bond acceptors (Lipinski definition) is 3. The molecule has 0 aromatic heterocycles. The molecule has 0 saturated heterocycles. The number of aliphatic carboxylic acids is 1. The van der Waals surface area contributed by atoms with Crippen LogP contribution in [0.3, 0.4) is 0 Å². The minimum Gasteiger partial charge on any atom is -0.508 e. The van der Waals surface area contributed by atoms with Crippen molar-refractivity contribution in [3.63, 3.8) is 0 Å². The fraction of sp³-hybridized carbons (Fsp3) is 0.536. The van der Waals surface area contributed by atoms with Crippen molar-refractivity contribution in [1.29, 1.82) is 0 Å². The zero-order valence-corrected chi connectivity index (χ0v) is 20.7. The summed E-state index contributed by atoms with van der Waals surface area (Å²) in [6.45, 7) is 12.1. The van der Waals surface area contributed by atoms with Crippen LogP contribution in [0.15, 0.2) is 41.0 Å². The van der Waals surface area contributed by atoms with E-state index in [1.165, 1.54) is 11.1 Å². The summed E-state index contributed by atoms with van der Waals surface area (Å²) in [7, 11) is 0. The summed E-state index contributed by atoms with van der Waals surface area (Å²) in [5.41, 5.74) is 6.06. The smallest absolute Gasteiger partial charge is 0.330 e. The number of carboxylic acids is 1. The Morgan fingerprint density at radius 3 is 2.28 bits per heavy atom. The van der Waals surface area contributed by atoms with Crippen molar-refractivity contribution in [2.24, 2.45) is 0 Å². The maximum absolute atomic E-state index is 10.8. The molecular formula is C28H40O4. The van der Waals surface area contributed by atoms with Gasteiger partial charge in [-0.2, -0.15) is 0 Å². The average Bonchev–Trinajstić information content (AvgIpc) is 2.72. The number of allylic oxidation sites excluding steroid dienone is 5. The van der Waals surface area contributed by atoms with Gasteiger partial charge in [0.05, 0.1) is 0 Å². The number of carboxylic acid groups (broad SMARTS) is 1. The third-order valence-corrected chi connectivity index (χ3v) is 6.60. The van der Waals surface area contributed by atoms with Crippen molar-refractivity contribution >= 4 is 5.97 Å². The lowest BCUT2D eigenvalue weighted by Gasteiger charge is -2.37. The lowest BCUT2D eigenvalue weighted by molar-refractivity contribution is -0.132. The summed E-state index contributed by atoms with van der Waals surface area (Å²) < 4.78 is 6.46. The Morgan fingerprint density at radius 1 is 1.06 bits per heavy atom. The molecule has 4 heteroatoms. The molecule has 0 bridgehead atoms. The fourth-order valence-corrected chi connectivity index (χ4v) is 4.23. The van der Waals surface area contributed by atoms with Crippen LogP contribution in [0.4, 0.5) is 0 Å². The average molecular weight is 441 g/mol. The molecule has 0 spiro atoms. The van der Waals surface area contributed by atoms with E-state index in [4.69, 9.17) is 9.84 Å². The van der Waals surface area contributed by atoms with Crippen LogP contribution in [0.1, 0.15) is 89.3 Å². The first-order chi connectivity index (χ1) is 15.0. The summed E-state index contributed by atoms with van der Waals surface area (Å²) in [6.07, 6.45) is 14.0. The van der Waals surface area contributed by atoms with Crippen LogP contribution in [0.5, 0.6) is 11.5 Å². The number of aryl methyl sites for hydroxylation is 1. The van der Waals surface area contributed by atoms with Crippen LogP contribution in [0.2, 0.25) is 0 Å². The topological polar surface area (TPSA) is 66.8 Å². The molecule has 176 valence electrons. The predicted octanol–water partition coefficient (Wildman–Crippen LogP) is 7.36. The number of fused-ring (bicyclic) bond motifs is 1. The number of phenolic OH excluding ortho intramolecular Hbond substituents is 1. The van der Waals surface area contributed by atoms with Gasteiger partial charge >= 0.3 is 5.97 Å². The van der Waals surface area contributed by atoms with Crippen molar-refractivity contribution in [1.82, 2.24) is 0 Å². The lowest BCUT2D eigenvalue weighted by Crippen LogP contribution is -2.36. The maximum atomic E-state index is 10.8. The SMILES string of the molecule is C/C(=C\CC/C(C)=C/CC[C@]1(C)CCc2c(C)c(O)cc(C)c2O1)CC/C=C(\C)C(=O)O. The minimum absolute atomic E-state index is 0.171. The molecular weight excluding hydrogens is 400 g/mol. The molecule has 0 fully saturated rings. The quantitative estimate of drug-likeness (QED) is 0.295. The monoisotopic (exact) mass is 440 g/mol. The normalized spacial score (nSPS) is 19.5. The highest BCUT2D eigenvalue weighted by Gasteiger charge is 2.33. The molecule has 1 aliphatic heterocycles. The highest BCUT2D eigenvalue weighted by Crippen LogP contribution is 2.42. The van der Waals surface area contributed by atoms with Crippen LogP contribution in [-0.2, 0) is 11.2 Å². The lowest BCUT2D eigenvalue weighted by atomic mass is 9.86. The largest absolute Gasteiger partial charge is 0.508 e. The van der Waals surface area contributed by atoms with Crippen molar-refractivity contribution in [3.05, 3.63) is 57.7 Å². The summed E-state index contributed by atoms with van der Waals surface area (Å²) >= 11 is 0. The zero-order chi connectivity index (χ0) is 23.9. The summed E-state index contributed by atoms with van der Waals surface area (Å²) in [6, 6.07) is 1.81. The predicted molar refractivity (Wildman–Crippen MR) is 132 cm³/mol. The van der Waals surface area contributed by atoms with E-state index in [9.17, 15) is 9.90 Å². The third kappa shape index (κ3) is 7.29. The minimum atomic E-state index is -0.839. The molecule has 0 unspecified atom stereocenters. The Hall–Kier alpha value is -2.49. The van der Waals surface area contributed by atoms with E-state index in [2.05, 4.69) is 32.9 Å². The van der Waals surface area contributed by atoms with E-state index < -0.39 is 5.97 Å². The second kappa shape index (κ2) is 11.4. The van der Waals surface area contributed by atoms with Crippen molar-refractivity contribution in [2.75, 3.05) is 0 Å². The summed E-state index contributed by atoms with van der Waals surface area (Å²) in [5, 5.41) is 19.0. The van der Waals surface area contributed by atoms with Crippen LogP contribution in [-0.4, -0.2) is 21.8 Å². The molecule has 1 aromatic rings. The number of ether oxygens (including phenoxy) is 1. The van der Waals surface area contributed by atoms with Crippen molar-refractivity contribution in [3.8, 4) is 11.5 Å². The molecule has 4 nitrogen and oxygen atoms in total. The first kappa shape index (κ1) is 25.8. The van der Waals surface area contributed by atoms with Gasteiger partial charge in [-0.15, -0.1) is 0 Å². The Labute approximate surface area is 193 Å². The molecule has 2 N–H and O–H groups in total. The second-order valence-electron chi connectivity index (χ2n) is 9.61. The van der Waals surface area contributed by atoms with Gasteiger partial charge in [0.2, 0.25) is 0 Å². The van der Waals surface area contributed by atoms with Gasteiger partial charge < -0.3 is 14.9 Å². The van der Waals surface area contributed by atoms with Gasteiger partial charge in [-0.25, -0.2) is 4.79 Å². The summed E-state index contributed by atoms with van der Waals surface area (Å²) in [5.74, 6) is 0.487. The molecule has 1 atom stereocenters. The standard InChI is InChI=1S/C28H40O4/c1-19(12-8-14-21(3)27(30)31)10-7-11-20(2)13-9-16-28(6)17-15-24-23(5)25(29)18-22(4)26(24)32-28/h10,13-14,18,29H,7-9,11-12,15-17H2,1-6H3,(H,30,31)/b19-10+,20-13+,21-14+/t28-/m1/s1. The number of benzene rings is 1. The van der Waals surface area contributed by atoms with E-state index in [0.29, 0.717) is 11.3 Å². The highest BCUT2D eigenvalue weighted by atomic mass is 16.5. The number of aromatic hydroxyl groups is 1. The van der Waals surface area contributed by atoms with E-state index >= 15 is 0 Å². The number of carbonyl (C=O) groups is 1. The molecule has 1 aromatic carbocycles. The Balaban J connectivity index is 1.81. The number of rotatable bonds is 10. The van der Waals surface area contributed by atoms with Gasteiger partial charge in [-0.3, -0.25) is 0 Å². The van der Waals surface area contributed by atoms with E-state index in [0.717, 1.165) is 73.8 Å². The Morgan fingerprint density at radius 2 is 1.66 bits per heavy atom. The van der Waals surface area contributed by atoms with Gasteiger partial charge in [0.15, 0.2) is 0 Å². The molecule has 1 heterocycles. The van der Waals surface area contributed by atoms with Gasteiger partial charge in [0, 0.05) is 11.1 Å². The fourth-order valence-electron chi connectivity index (χ4n) is 4.23. The highest BCUT2D eigenvalue weighted by molar-refractivity contribution is 5.85. The van der Waals surface area contributed by atoms with E-state index in [-0.39, 0.29) is 5.60 Å². The molecule has 0 aliphatic carbocycles. The van der Waals surface area contributed by atoms with Crippen molar-refractivity contribution in [2.45, 2.75) is 98.5 Å². The molecule has 2 rings (SSSR count). The molecule has 0 amide bonds. The molecule has 1 aliphatic rings. The van der Waals surface area contributed by atoms with E-state index in [1.807, 2.05) is 19.9 Å². The van der Waals surface area contributed by atoms with Gasteiger partial charge in [-0.05, 0) is 110 Å². The first-order valence-corrected chi connectivity index (χ1v) is 11.7. The number of phenols is 1. The van der Waals surface area contributed by atoms with Gasteiger partial charge in [0.1, 0.15) is 17.1 Å². The van der Waals surface area contributed by atoms with Crippen molar-refractivity contribution < 1.29 is 19.7 Å². The Bertz CT molecular complexity index is 920. The third-order valence-electron chi connectivity index (χ3n) is 6.60. The first-order valence-electron chi connectivity index (χ1n) is 11.7. The van der Waals surface area contributed by atoms with E-state index in [1.54, 1.807) is 13.0 Å². The maximum Gasteiger partial charge on any atom is 0.330 e. The Kier molecular flexibility index (Phi) is 9.18. The van der Waals surface area contributed by atoms with Gasteiger partial charge in [0.25, 0.3) is 0 Å². The second-order valence-corrected chi connectivity index (χ2v) is 9.61. The summed E-state index contributed by atoms with van der Waals surface area (Å²) in [4.78, 5) is 10.8. The van der Waals surface area contributed by atoms with Gasteiger partial charge in [-0.1, -0.05) is 29.4 Å². The zero-order valence-electron chi connectivity index (χ0n) is 20.7. The van der Waals surface area contributed by atoms with Crippen LogP contribution < -0.4 is 4.74 Å². The number of hydrogen-bond donors (Lipinski definition) is 2. The molecule has 0 saturated carbocycles. The van der Waals surface area contributed by atoms with Crippen LogP contribution in [0.25, 0.3) is 0 Å². The van der Waals surface area contributed by atoms with Crippen LogP contribution >= 0.6 is 0 Å². The van der Waals surface area contributed by atoms with Crippen LogP contribution in [0, 0.1) is 13.8 Å². The molecule has 32 heavy (non-hydrogen) atoms. The molecule has 0 radical (unpaired) electrons.